The van der Waals surface area contributed by atoms with Crippen molar-refractivity contribution in [2.24, 2.45) is 0 Å². The Morgan fingerprint density at radius 1 is 1.03 bits per heavy atom. The number of hydrogen-bond acceptors (Lipinski definition) is 6. The lowest BCUT2D eigenvalue weighted by atomic mass is 9.85. The summed E-state index contributed by atoms with van der Waals surface area (Å²) in [7, 11) is 4.39. The number of carbonyl (C=O) groups is 2. The summed E-state index contributed by atoms with van der Waals surface area (Å²) in [6.45, 7) is 6.74. The first-order chi connectivity index (χ1) is 16.0. The predicted molar refractivity (Wildman–Crippen MR) is 131 cm³/mol. The van der Waals surface area contributed by atoms with Gasteiger partial charge >= 0.3 is 0 Å². The molecule has 0 aliphatic carbocycles. The predicted octanol–water partition coefficient (Wildman–Crippen LogP) is 4.72. The third-order valence-electron chi connectivity index (χ3n) is 5.90. The molecule has 3 rings (SSSR count). The average molecular weight is 488 g/mol. The normalized spacial score (nSPS) is 17.9. The Morgan fingerprint density at radius 2 is 1.65 bits per heavy atom. The molecule has 1 saturated heterocycles. The highest BCUT2D eigenvalue weighted by molar-refractivity contribution is 6.46. The zero-order chi connectivity index (χ0) is 25.2. The van der Waals surface area contributed by atoms with Crippen LogP contribution >= 0.6 is 11.6 Å². The zero-order valence-electron chi connectivity index (χ0n) is 20.3. The number of ketones is 1. The number of amides is 1. The molecule has 8 heteroatoms. The second-order valence-electron chi connectivity index (χ2n) is 9.04. The molecule has 1 aliphatic heterocycles. The molecule has 34 heavy (non-hydrogen) atoms. The lowest BCUT2D eigenvalue weighted by Gasteiger charge is -2.26. The third-order valence-corrected chi connectivity index (χ3v) is 6.19. The van der Waals surface area contributed by atoms with Crippen molar-refractivity contribution in [2.45, 2.75) is 32.2 Å². The SMILES string of the molecule is COCCN1C(=O)C(=O)/C(=C(/O)c2cc(OC)c(Cl)cc2OC)C1c1ccc(C(C)(C)C)cc1. The largest absolute Gasteiger partial charge is 0.507 e. The molecule has 1 amide bonds. The van der Waals surface area contributed by atoms with E-state index in [1.54, 1.807) is 0 Å². The number of aliphatic hydroxyl groups is 1. The smallest absolute Gasteiger partial charge is 0.295 e. The lowest BCUT2D eigenvalue weighted by Crippen LogP contribution is -2.32. The Balaban J connectivity index is 2.23. The molecule has 0 bridgehead atoms. The van der Waals surface area contributed by atoms with Crippen LogP contribution in [-0.4, -0.2) is 56.2 Å². The Labute approximate surface area is 204 Å². The van der Waals surface area contributed by atoms with E-state index < -0.39 is 17.7 Å². The van der Waals surface area contributed by atoms with Crippen LogP contribution in [0.25, 0.3) is 5.76 Å². The molecule has 182 valence electrons. The summed E-state index contributed by atoms with van der Waals surface area (Å²) in [6.07, 6.45) is 0. The molecule has 2 aromatic rings. The minimum absolute atomic E-state index is 0.0349. The molecule has 1 atom stereocenters. The monoisotopic (exact) mass is 487 g/mol. The van der Waals surface area contributed by atoms with Gasteiger partial charge in [0.15, 0.2) is 0 Å². The number of ether oxygens (including phenoxy) is 3. The summed E-state index contributed by atoms with van der Waals surface area (Å²) in [5, 5.41) is 11.6. The summed E-state index contributed by atoms with van der Waals surface area (Å²) in [5.41, 5.74) is 1.90. The summed E-state index contributed by atoms with van der Waals surface area (Å²) in [4.78, 5) is 27.6. The van der Waals surface area contributed by atoms with Crippen LogP contribution in [0.1, 0.15) is 43.5 Å². The molecule has 0 saturated carbocycles. The number of Topliss-reactive ketones (excluding diaryl/α,β-unsaturated/α-hetero) is 1. The maximum Gasteiger partial charge on any atom is 0.295 e. The zero-order valence-corrected chi connectivity index (χ0v) is 21.0. The Kier molecular flexibility index (Phi) is 7.58. The van der Waals surface area contributed by atoms with E-state index in [1.165, 1.54) is 38.4 Å². The highest BCUT2D eigenvalue weighted by Crippen LogP contribution is 2.43. The summed E-state index contributed by atoms with van der Waals surface area (Å²) in [6, 6.07) is 9.88. The van der Waals surface area contributed by atoms with Crippen molar-refractivity contribution in [2.75, 3.05) is 34.5 Å². The fraction of sp³-hybridized carbons (Fsp3) is 0.385. The van der Waals surface area contributed by atoms with E-state index in [0.717, 1.165) is 5.56 Å². The van der Waals surface area contributed by atoms with Crippen molar-refractivity contribution >= 4 is 29.1 Å². The Hall–Kier alpha value is -3.03. The number of likely N-dealkylation sites (tertiary alicyclic amines) is 1. The van der Waals surface area contributed by atoms with Gasteiger partial charge in [0.05, 0.1) is 43.0 Å². The van der Waals surface area contributed by atoms with Crippen LogP contribution < -0.4 is 9.47 Å². The van der Waals surface area contributed by atoms with Crippen LogP contribution in [-0.2, 0) is 19.7 Å². The van der Waals surface area contributed by atoms with Crippen molar-refractivity contribution in [3.63, 3.8) is 0 Å². The van der Waals surface area contributed by atoms with Crippen LogP contribution in [0.15, 0.2) is 42.0 Å². The van der Waals surface area contributed by atoms with Gasteiger partial charge in [-0.15, -0.1) is 0 Å². The number of halogens is 1. The van der Waals surface area contributed by atoms with Crippen LogP contribution in [0.3, 0.4) is 0 Å². The maximum absolute atomic E-state index is 13.2. The molecule has 0 aromatic heterocycles. The second-order valence-corrected chi connectivity index (χ2v) is 9.45. The molecule has 7 nitrogen and oxygen atoms in total. The molecule has 0 radical (unpaired) electrons. The van der Waals surface area contributed by atoms with Gasteiger partial charge in [0.25, 0.3) is 11.7 Å². The lowest BCUT2D eigenvalue weighted by molar-refractivity contribution is -0.140. The maximum atomic E-state index is 13.2. The van der Waals surface area contributed by atoms with Crippen molar-refractivity contribution in [1.29, 1.82) is 0 Å². The van der Waals surface area contributed by atoms with Gasteiger partial charge in [0, 0.05) is 19.7 Å². The molecule has 1 unspecified atom stereocenters. The number of methoxy groups -OCH3 is 3. The topological polar surface area (TPSA) is 85.3 Å². The number of aliphatic hydroxyl groups excluding tert-OH is 1. The summed E-state index contributed by atoms with van der Waals surface area (Å²) < 4.78 is 15.8. The fourth-order valence-corrected chi connectivity index (χ4v) is 4.23. The molecule has 1 heterocycles. The first-order valence-corrected chi connectivity index (χ1v) is 11.2. The highest BCUT2D eigenvalue weighted by Gasteiger charge is 2.46. The molecule has 1 N–H and O–H groups in total. The minimum Gasteiger partial charge on any atom is -0.507 e. The van der Waals surface area contributed by atoms with Gasteiger partial charge in [-0.25, -0.2) is 0 Å². The first kappa shape index (κ1) is 25.6. The molecule has 1 fully saturated rings. The van der Waals surface area contributed by atoms with Gasteiger partial charge in [0.1, 0.15) is 17.3 Å². The number of rotatable bonds is 7. The summed E-state index contributed by atoms with van der Waals surface area (Å²) in [5.74, 6) is -1.32. The standard InChI is InChI=1S/C26H30ClNO6/c1-26(2,3)16-9-7-15(8-10-16)22-21(24(30)25(31)28(22)11-12-32-4)23(29)17-13-20(34-6)18(27)14-19(17)33-5/h7-10,13-14,22,29H,11-12H2,1-6H3/b23-21+. The quantitative estimate of drug-likeness (QED) is 0.345. The van der Waals surface area contributed by atoms with E-state index in [4.69, 9.17) is 25.8 Å². The number of carbonyl (C=O) groups excluding carboxylic acids is 2. The van der Waals surface area contributed by atoms with E-state index in [2.05, 4.69) is 20.8 Å². The van der Waals surface area contributed by atoms with Crippen molar-refractivity contribution in [3.05, 3.63) is 63.7 Å². The number of nitrogens with zero attached hydrogens (tertiary/aromatic N) is 1. The van der Waals surface area contributed by atoms with Gasteiger partial charge < -0.3 is 24.2 Å². The number of hydrogen-bond donors (Lipinski definition) is 1. The van der Waals surface area contributed by atoms with E-state index in [-0.39, 0.29) is 46.2 Å². The van der Waals surface area contributed by atoms with Crippen molar-refractivity contribution < 1.29 is 28.9 Å². The van der Waals surface area contributed by atoms with Crippen LogP contribution in [0.2, 0.25) is 5.02 Å². The minimum atomic E-state index is -0.796. The average Bonchev–Trinajstić information content (AvgIpc) is 3.06. The van der Waals surface area contributed by atoms with Crippen molar-refractivity contribution in [1.82, 2.24) is 4.90 Å². The van der Waals surface area contributed by atoms with Gasteiger partial charge in [-0.1, -0.05) is 56.6 Å². The molecule has 2 aromatic carbocycles. The first-order valence-electron chi connectivity index (χ1n) is 10.8. The van der Waals surface area contributed by atoms with Gasteiger partial charge in [-0.2, -0.15) is 0 Å². The fourth-order valence-electron chi connectivity index (χ4n) is 4.00. The van der Waals surface area contributed by atoms with E-state index in [0.29, 0.717) is 11.3 Å². The Bertz CT molecular complexity index is 1120. The number of benzene rings is 2. The van der Waals surface area contributed by atoms with E-state index in [1.807, 2.05) is 24.3 Å². The van der Waals surface area contributed by atoms with E-state index >= 15 is 0 Å². The third kappa shape index (κ3) is 4.76. The Morgan fingerprint density at radius 3 is 2.18 bits per heavy atom. The molecular weight excluding hydrogens is 458 g/mol. The van der Waals surface area contributed by atoms with Crippen LogP contribution in [0.5, 0.6) is 11.5 Å². The molecular formula is C26H30ClNO6. The molecule has 1 aliphatic rings. The highest BCUT2D eigenvalue weighted by atomic mass is 35.5. The van der Waals surface area contributed by atoms with Gasteiger partial charge in [-0.3, -0.25) is 9.59 Å². The van der Waals surface area contributed by atoms with Crippen LogP contribution in [0, 0.1) is 0 Å². The van der Waals surface area contributed by atoms with Gasteiger partial charge in [-0.05, 0) is 22.6 Å². The molecule has 0 spiro atoms. The van der Waals surface area contributed by atoms with E-state index in [9.17, 15) is 14.7 Å². The second kappa shape index (κ2) is 10.1. The summed E-state index contributed by atoms with van der Waals surface area (Å²) >= 11 is 6.21. The van der Waals surface area contributed by atoms with Crippen LogP contribution in [0.4, 0.5) is 0 Å². The van der Waals surface area contributed by atoms with Crippen molar-refractivity contribution in [3.8, 4) is 11.5 Å². The van der Waals surface area contributed by atoms with Gasteiger partial charge in [0.2, 0.25) is 0 Å².